The summed E-state index contributed by atoms with van der Waals surface area (Å²) < 4.78 is 19.4. The molecule has 1 saturated carbocycles. The first kappa shape index (κ1) is 13.9. The predicted octanol–water partition coefficient (Wildman–Crippen LogP) is 1.94. The van der Waals surface area contributed by atoms with Crippen molar-refractivity contribution in [3.8, 4) is 5.88 Å². The van der Waals surface area contributed by atoms with E-state index in [9.17, 15) is 0 Å². The summed E-state index contributed by atoms with van der Waals surface area (Å²) in [6.07, 6.45) is 4.31. The number of hydrogen-bond donors (Lipinski definition) is 0. The van der Waals surface area contributed by atoms with Gasteiger partial charge in [0.15, 0.2) is 11.4 Å². The van der Waals surface area contributed by atoms with E-state index in [0.29, 0.717) is 11.8 Å². The van der Waals surface area contributed by atoms with Crippen LogP contribution in [0, 0.1) is 5.92 Å². The zero-order valence-electron chi connectivity index (χ0n) is 13.2. The fraction of sp³-hybridized carbons (Fsp3) is 0.667. The van der Waals surface area contributed by atoms with Gasteiger partial charge in [-0.25, -0.2) is 14.6 Å². The molecule has 2 aromatic rings. The SMILES string of the molecule is COc1ncnc2c1cnn2[C@@H]1C[C@H](C)[C@H]2OC(C)(C)O[C@H]21. The quantitative estimate of drug-likeness (QED) is 0.844. The standard InChI is InChI=1S/C15H20N4O3/c1-8-5-10(12-11(8)21-15(2,3)22-12)19-13-9(6-18-19)14(20-4)17-7-16-13/h6-8,10-12H,5H2,1-4H3/t8-,10+,11+,12-/m0/s1. The Kier molecular flexibility index (Phi) is 2.93. The molecule has 3 heterocycles. The fourth-order valence-corrected chi connectivity index (χ4v) is 3.69. The summed E-state index contributed by atoms with van der Waals surface area (Å²) in [4.78, 5) is 8.51. The van der Waals surface area contributed by atoms with E-state index < -0.39 is 5.79 Å². The fourth-order valence-electron chi connectivity index (χ4n) is 3.69. The minimum Gasteiger partial charge on any atom is -0.480 e. The lowest BCUT2D eigenvalue weighted by molar-refractivity contribution is -0.159. The molecule has 1 aliphatic heterocycles. The van der Waals surface area contributed by atoms with Crippen molar-refractivity contribution < 1.29 is 14.2 Å². The van der Waals surface area contributed by atoms with Gasteiger partial charge < -0.3 is 14.2 Å². The van der Waals surface area contributed by atoms with Gasteiger partial charge in [0.2, 0.25) is 5.88 Å². The maximum Gasteiger partial charge on any atom is 0.227 e. The molecule has 2 aromatic heterocycles. The Bertz CT molecular complexity index is 714. The minimum absolute atomic E-state index is 0.00550. The smallest absolute Gasteiger partial charge is 0.227 e. The number of rotatable bonds is 2. The van der Waals surface area contributed by atoms with E-state index in [2.05, 4.69) is 22.0 Å². The summed E-state index contributed by atoms with van der Waals surface area (Å²) in [7, 11) is 1.60. The lowest BCUT2D eigenvalue weighted by Gasteiger charge is -2.23. The van der Waals surface area contributed by atoms with Crippen LogP contribution >= 0.6 is 0 Å². The van der Waals surface area contributed by atoms with Gasteiger partial charge in [0.05, 0.1) is 25.5 Å². The van der Waals surface area contributed by atoms with Crippen molar-refractivity contribution in [2.45, 2.75) is 51.2 Å². The third-order valence-electron chi connectivity index (χ3n) is 4.58. The Labute approximate surface area is 128 Å². The molecule has 4 atom stereocenters. The van der Waals surface area contributed by atoms with Crippen LogP contribution in [-0.2, 0) is 9.47 Å². The summed E-state index contributed by atoms with van der Waals surface area (Å²) in [5.41, 5.74) is 0.776. The van der Waals surface area contributed by atoms with Crippen LogP contribution in [0.15, 0.2) is 12.5 Å². The molecular formula is C15H20N4O3. The van der Waals surface area contributed by atoms with E-state index in [-0.39, 0.29) is 18.2 Å². The molecule has 7 nitrogen and oxygen atoms in total. The van der Waals surface area contributed by atoms with Gasteiger partial charge >= 0.3 is 0 Å². The molecule has 0 spiro atoms. The number of ether oxygens (including phenoxy) is 3. The topological polar surface area (TPSA) is 71.3 Å². The zero-order chi connectivity index (χ0) is 15.5. The van der Waals surface area contributed by atoms with Gasteiger partial charge in [0.25, 0.3) is 0 Å². The highest BCUT2D eigenvalue weighted by Gasteiger charge is 2.53. The summed E-state index contributed by atoms with van der Waals surface area (Å²) in [6, 6.07) is 0.110. The molecule has 4 rings (SSSR count). The highest BCUT2D eigenvalue weighted by Crippen LogP contribution is 2.47. The van der Waals surface area contributed by atoms with Gasteiger partial charge in [0, 0.05) is 0 Å². The number of hydrogen-bond acceptors (Lipinski definition) is 6. The van der Waals surface area contributed by atoms with E-state index >= 15 is 0 Å². The van der Waals surface area contributed by atoms with Crippen molar-refractivity contribution in [2.24, 2.45) is 5.92 Å². The van der Waals surface area contributed by atoms with Crippen molar-refractivity contribution in [3.63, 3.8) is 0 Å². The van der Waals surface area contributed by atoms with Crippen LogP contribution in [-0.4, -0.2) is 44.9 Å². The lowest BCUT2D eigenvalue weighted by Crippen LogP contribution is -2.28. The van der Waals surface area contributed by atoms with Crippen LogP contribution in [0.3, 0.4) is 0 Å². The van der Waals surface area contributed by atoms with Crippen molar-refractivity contribution >= 4 is 11.0 Å². The second kappa shape index (κ2) is 4.63. The number of aromatic nitrogens is 4. The van der Waals surface area contributed by atoms with Crippen LogP contribution in [0.5, 0.6) is 5.88 Å². The maximum absolute atomic E-state index is 6.13. The molecule has 1 saturated heterocycles. The summed E-state index contributed by atoms with van der Waals surface area (Å²) in [5, 5.41) is 5.35. The van der Waals surface area contributed by atoms with Gasteiger partial charge in [-0.2, -0.15) is 5.10 Å². The predicted molar refractivity (Wildman–Crippen MR) is 78.5 cm³/mol. The van der Waals surface area contributed by atoms with Gasteiger partial charge in [-0.3, -0.25) is 0 Å². The Morgan fingerprint density at radius 3 is 2.82 bits per heavy atom. The molecule has 0 aromatic carbocycles. The molecule has 1 aliphatic carbocycles. The highest BCUT2D eigenvalue weighted by atomic mass is 16.8. The number of methoxy groups -OCH3 is 1. The summed E-state index contributed by atoms with van der Waals surface area (Å²) in [6.45, 7) is 6.12. The largest absolute Gasteiger partial charge is 0.480 e. The van der Waals surface area contributed by atoms with Crippen LogP contribution in [0.1, 0.15) is 33.2 Å². The second-order valence-corrected chi connectivity index (χ2v) is 6.55. The van der Waals surface area contributed by atoms with Crippen molar-refractivity contribution in [2.75, 3.05) is 7.11 Å². The normalized spacial score (nSPS) is 33.3. The first-order valence-electron chi connectivity index (χ1n) is 7.58. The van der Waals surface area contributed by atoms with E-state index in [4.69, 9.17) is 14.2 Å². The van der Waals surface area contributed by atoms with Crippen molar-refractivity contribution in [3.05, 3.63) is 12.5 Å². The van der Waals surface area contributed by atoms with Gasteiger partial charge in [0.1, 0.15) is 17.8 Å². The first-order chi connectivity index (χ1) is 10.5. The van der Waals surface area contributed by atoms with Crippen LogP contribution in [0.2, 0.25) is 0 Å². The molecule has 118 valence electrons. The van der Waals surface area contributed by atoms with Crippen LogP contribution in [0.4, 0.5) is 0 Å². The molecule has 0 radical (unpaired) electrons. The third-order valence-corrected chi connectivity index (χ3v) is 4.58. The van der Waals surface area contributed by atoms with Gasteiger partial charge in [-0.15, -0.1) is 0 Å². The molecule has 0 amide bonds. The van der Waals surface area contributed by atoms with Crippen molar-refractivity contribution in [1.29, 1.82) is 0 Å². The second-order valence-electron chi connectivity index (χ2n) is 6.55. The Balaban J connectivity index is 1.76. The van der Waals surface area contributed by atoms with E-state index in [0.717, 1.165) is 17.5 Å². The van der Waals surface area contributed by atoms with E-state index in [1.165, 1.54) is 6.33 Å². The van der Waals surface area contributed by atoms with Crippen LogP contribution < -0.4 is 4.74 Å². The average Bonchev–Trinajstić information content (AvgIpc) is 3.11. The molecular weight excluding hydrogens is 284 g/mol. The van der Waals surface area contributed by atoms with Gasteiger partial charge in [-0.1, -0.05) is 6.92 Å². The van der Waals surface area contributed by atoms with Crippen LogP contribution in [0.25, 0.3) is 11.0 Å². The molecule has 0 unspecified atom stereocenters. The van der Waals surface area contributed by atoms with Gasteiger partial charge in [-0.05, 0) is 26.2 Å². The Morgan fingerprint density at radius 2 is 2.05 bits per heavy atom. The van der Waals surface area contributed by atoms with E-state index in [1.54, 1.807) is 13.3 Å². The lowest BCUT2D eigenvalue weighted by atomic mass is 10.1. The Morgan fingerprint density at radius 1 is 1.27 bits per heavy atom. The van der Waals surface area contributed by atoms with Crippen molar-refractivity contribution in [1.82, 2.24) is 19.7 Å². The van der Waals surface area contributed by atoms with E-state index in [1.807, 2.05) is 18.5 Å². The summed E-state index contributed by atoms with van der Waals surface area (Å²) >= 11 is 0. The third kappa shape index (κ3) is 1.92. The summed E-state index contributed by atoms with van der Waals surface area (Å²) in [5.74, 6) is 0.417. The molecule has 0 N–H and O–H groups in total. The number of nitrogens with zero attached hydrogens (tertiary/aromatic N) is 4. The number of fused-ring (bicyclic) bond motifs is 2. The average molecular weight is 304 g/mol. The highest BCUT2D eigenvalue weighted by molar-refractivity contribution is 5.79. The first-order valence-corrected chi connectivity index (χ1v) is 7.58. The Hall–Kier alpha value is -1.73. The molecule has 2 fully saturated rings. The molecule has 7 heteroatoms. The minimum atomic E-state index is -0.544. The zero-order valence-corrected chi connectivity index (χ0v) is 13.2. The monoisotopic (exact) mass is 304 g/mol. The molecule has 0 bridgehead atoms. The maximum atomic E-state index is 6.13. The molecule has 22 heavy (non-hydrogen) atoms. The molecule has 2 aliphatic rings.